The molecule has 4 heteroatoms. The molecular formula is C6H11NO3. The van der Waals surface area contributed by atoms with Gasteiger partial charge in [-0.15, -0.1) is 0 Å². The molecule has 0 saturated carbocycles. The van der Waals surface area contributed by atoms with Gasteiger partial charge in [-0.3, -0.25) is 4.79 Å². The monoisotopic (exact) mass is 145 g/mol. The van der Waals surface area contributed by atoms with Crippen LogP contribution < -0.4 is 5.32 Å². The van der Waals surface area contributed by atoms with Gasteiger partial charge < -0.3 is 15.2 Å². The first kappa shape index (κ1) is 7.50. The number of carbonyl (C=O) groups excluding carboxylic acids is 1. The Hall–Kier alpha value is -0.610. The second-order valence-corrected chi connectivity index (χ2v) is 2.42. The third-order valence-corrected chi connectivity index (χ3v) is 1.56. The Morgan fingerprint density at radius 3 is 3.10 bits per heavy atom. The molecule has 0 aromatic rings. The summed E-state index contributed by atoms with van der Waals surface area (Å²) in [7, 11) is 0. The minimum Gasteiger partial charge on any atom is -0.466 e. The van der Waals surface area contributed by atoms with Crippen molar-refractivity contribution in [3.8, 4) is 0 Å². The molecule has 2 unspecified atom stereocenters. The summed E-state index contributed by atoms with van der Waals surface area (Å²) >= 11 is 0. The van der Waals surface area contributed by atoms with E-state index in [-0.39, 0.29) is 12.1 Å². The van der Waals surface area contributed by atoms with E-state index in [1.165, 1.54) is 0 Å². The van der Waals surface area contributed by atoms with E-state index in [0.29, 0.717) is 26.0 Å². The Morgan fingerprint density at radius 1 is 1.80 bits per heavy atom. The fourth-order valence-electron chi connectivity index (χ4n) is 1.08. The number of ether oxygens (including phenoxy) is 1. The maximum Gasteiger partial charge on any atom is 0.293 e. The molecule has 2 N–H and O–H groups in total. The zero-order valence-electron chi connectivity index (χ0n) is 5.62. The van der Waals surface area contributed by atoms with Gasteiger partial charge in [0.05, 0.1) is 6.10 Å². The number of β-amino-alcohol motifs (C(OH)–C–C–N with tert-alkyl or cyclic N) is 1. The normalized spacial score (nSPS) is 32.1. The number of aliphatic hydroxyl groups excluding tert-OH is 1. The zero-order chi connectivity index (χ0) is 7.40. The molecule has 0 aliphatic carbocycles. The highest BCUT2D eigenvalue weighted by molar-refractivity contribution is 5.36. The molecule has 0 radical (unpaired) electrons. The molecule has 10 heavy (non-hydrogen) atoms. The van der Waals surface area contributed by atoms with Crippen molar-refractivity contribution in [3.63, 3.8) is 0 Å². The maximum absolute atomic E-state index is 9.73. The van der Waals surface area contributed by atoms with Gasteiger partial charge in [0, 0.05) is 12.6 Å². The summed E-state index contributed by atoms with van der Waals surface area (Å²) in [6, 6.07) is 0.139. The van der Waals surface area contributed by atoms with E-state index >= 15 is 0 Å². The predicted molar refractivity (Wildman–Crippen MR) is 34.4 cm³/mol. The van der Waals surface area contributed by atoms with Crippen LogP contribution >= 0.6 is 0 Å². The second-order valence-electron chi connectivity index (χ2n) is 2.42. The van der Waals surface area contributed by atoms with Crippen LogP contribution in [0.25, 0.3) is 0 Å². The summed E-state index contributed by atoms with van der Waals surface area (Å²) in [5.74, 6) is 0. The summed E-state index contributed by atoms with van der Waals surface area (Å²) in [5.41, 5.74) is 0. The average molecular weight is 145 g/mol. The number of aliphatic hydroxyl groups is 1. The highest BCUT2D eigenvalue weighted by Crippen LogP contribution is 2.05. The molecule has 1 saturated heterocycles. The van der Waals surface area contributed by atoms with Crippen molar-refractivity contribution in [2.45, 2.75) is 18.6 Å². The third-order valence-electron chi connectivity index (χ3n) is 1.56. The number of carbonyl (C=O) groups is 1. The molecule has 0 aromatic heterocycles. The van der Waals surface area contributed by atoms with Gasteiger partial charge in [0.15, 0.2) is 0 Å². The lowest BCUT2D eigenvalue weighted by Crippen LogP contribution is -2.26. The Labute approximate surface area is 59.2 Å². The van der Waals surface area contributed by atoms with E-state index < -0.39 is 0 Å². The highest BCUT2D eigenvalue weighted by atomic mass is 16.5. The van der Waals surface area contributed by atoms with Gasteiger partial charge in [0.2, 0.25) is 0 Å². The van der Waals surface area contributed by atoms with Crippen molar-refractivity contribution >= 4 is 6.47 Å². The molecule has 4 nitrogen and oxygen atoms in total. The summed E-state index contributed by atoms with van der Waals surface area (Å²) in [5, 5.41) is 12.0. The van der Waals surface area contributed by atoms with Gasteiger partial charge in [-0.1, -0.05) is 0 Å². The van der Waals surface area contributed by atoms with Crippen LogP contribution in [0.5, 0.6) is 0 Å². The van der Waals surface area contributed by atoms with E-state index in [1.807, 2.05) is 0 Å². The lowest BCUT2D eigenvalue weighted by Gasteiger charge is -2.06. The molecule has 0 amide bonds. The van der Waals surface area contributed by atoms with Crippen LogP contribution in [0, 0.1) is 0 Å². The number of nitrogens with one attached hydrogen (secondary N) is 1. The molecule has 1 aliphatic rings. The second kappa shape index (κ2) is 3.53. The zero-order valence-corrected chi connectivity index (χ0v) is 5.62. The highest BCUT2D eigenvalue weighted by Gasteiger charge is 2.21. The summed E-state index contributed by atoms with van der Waals surface area (Å²) < 4.78 is 4.51. The number of rotatable bonds is 3. The minimum atomic E-state index is -0.278. The maximum atomic E-state index is 9.73. The van der Waals surface area contributed by atoms with Crippen molar-refractivity contribution in [2.75, 3.05) is 13.2 Å². The topological polar surface area (TPSA) is 58.6 Å². The first-order chi connectivity index (χ1) is 4.83. The van der Waals surface area contributed by atoms with Gasteiger partial charge in [0.25, 0.3) is 6.47 Å². The molecule has 1 rings (SSSR count). The lowest BCUT2D eigenvalue weighted by molar-refractivity contribution is -0.129. The van der Waals surface area contributed by atoms with Crippen molar-refractivity contribution in [1.82, 2.24) is 5.32 Å². The Balaban J connectivity index is 2.12. The molecule has 1 fully saturated rings. The molecule has 0 aromatic carbocycles. The smallest absolute Gasteiger partial charge is 0.293 e. The fraction of sp³-hybridized carbons (Fsp3) is 0.833. The molecule has 0 spiro atoms. The quantitative estimate of drug-likeness (QED) is 0.494. The van der Waals surface area contributed by atoms with Gasteiger partial charge >= 0.3 is 0 Å². The SMILES string of the molecule is O=COCC1CC(O)CN1. The van der Waals surface area contributed by atoms with E-state index in [2.05, 4.69) is 10.1 Å². The van der Waals surface area contributed by atoms with Gasteiger partial charge in [-0.05, 0) is 6.42 Å². The van der Waals surface area contributed by atoms with E-state index in [4.69, 9.17) is 5.11 Å². The minimum absolute atomic E-state index is 0.139. The van der Waals surface area contributed by atoms with Crippen LogP contribution in [-0.4, -0.2) is 36.9 Å². The standard InChI is InChI=1S/C6H11NO3/c8-4-10-3-5-1-6(9)2-7-5/h4-7,9H,1-3H2. The molecule has 58 valence electrons. The van der Waals surface area contributed by atoms with Crippen molar-refractivity contribution in [2.24, 2.45) is 0 Å². The Bertz CT molecular complexity index is 118. The van der Waals surface area contributed by atoms with Crippen LogP contribution in [0.3, 0.4) is 0 Å². The van der Waals surface area contributed by atoms with Crippen LogP contribution in [0.1, 0.15) is 6.42 Å². The first-order valence-electron chi connectivity index (χ1n) is 3.29. The van der Waals surface area contributed by atoms with Crippen LogP contribution in [0.4, 0.5) is 0 Å². The van der Waals surface area contributed by atoms with Crippen LogP contribution in [0.2, 0.25) is 0 Å². The van der Waals surface area contributed by atoms with Gasteiger partial charge in [-0.25, -0.2) is 0 Å². The summed E-state index contributed by atoms with van der Waals surface area (Å²) in [4.78, 5) is 9.73. The average Bonchev–Trinajstić information content (AvgIpc) is 2.31. The lowest BCUT2D eigenvalue weighted by atomic mass is 10.2. The van der Waals surface area contributed by atoms with Gasteiger partial charge in [0.1, 0.15) is 6.61 Å². The molecular weight excluding hydrogens is 134 g/mol. The van der Waals surface area contributed by atoms with E-state index in [0.717, 1.165) is 0 Å². The van der Waals surface area contributed by atoms with E-state index in [9.17, 15) is 4.79 Å². The predicted octanol–water partition coefficient (Wildman–Crippen LogP) is -1.12. The molecule has 1 aliphatic heterocycles. The Kier molecular flexibility index (Phi) is 2.65. The van der Waals surface area contributed by atoms with Gasteiger partial charge in [-0.2, -0.15) is 0 Å². The van der Waals surface area contributed by atoms with E-state index in [1.54, 1.807) is 0 Å². The van der Waals surface area contributed by atoms with Crippen molar-refractivity contribution in [1.29, 1.82) is 0 Å². The molecule has 2 atom stereocenters. The Morgan fingerprint density at radius 2 is 2.60 bits per heavy atom. The van der Waals surface area contributed by atoms with Crippen molar-refractivity contribution in [3.05, 3.63) is 0 Å². The van der Waals surface area contributed by atoms with Crippen molar-refractivity contribution < 1.29 is 14.6 Å². The third kappa shape index (κ3) is 1.97. The number of hydrogen-bond donors (Lipinski definition) is 2. The largest absolute Gasteiger partial charge is 0.466 e. The summed E-state index contributed by atoms with van der Waals surface area (Å²) in [6.07, 6.45) is 0.397. The van der Waals surface area contributed by atoms with Crippen LogP contribution in [0.15, 0.2) is 0 Å². The molecule has 1 heterocycles. The fourth-order valence-corrected chi connectivity index (χ4v) is 1.08. The summed E-state index contributed by atoms with van der Waals surface area (Å²) in [6.45, 7) is 1.39. The van der Waals surface area contributed by atoms with Crippen LogP contribution in [-0.2, 0) is 9.53 Å². The first-order valence-corrected chi connectivity index (χ1v) is 3.29. The molecule has 0 bridgehead atoms. The number of hydrogen-bond acceptors (Lipinski definition) is 4.